The first-order chi connectivity index (χ1) is 14.6. The van der Waals surface area contributed by atoms with Crippen LogP contribution in [0.4, 0.5) is 5.82 Å². The average molecular weight is 411 g/mol. The molecule has 2 aromatic heterocycles. The number of aryl methyl sites for hydroxylation is 1. The van der Waals surface area contributed by atoms with Crippen LogP contribution in [0.25, 0.3) is 5.82 Å². The van der Waals surface area contributed by atoms with Crippen molar-refractivity contribution in [3.8, 4) is 23.1 Å². The molecule has 1 amide bonds. The van der Waals surface area contributed by atoms with Crippen molar-refractivity contribution in [2.24, 2.45) is 0 Å². The molecule has 9 heteroatoms. The Balaban J connectivity index is 1.90. The van der Waals surface area contributed by atoms with Gasteiger partial charge in [0.05, 0.1) is 19.8 Å². The molecular weight excluding hydrogens is 386 g/mol. The number of hydrogen-bond acceptors (Lipinski definition) is 7. The Labute approximate surface area is 175 Å². The van der Waals surface area contributed by atoms with Crippen LogP contribution in [-0.2, 0) is 0 Å². The Hall–Kier alpha value is -3.62. The number of nitrogens with zero attached hydrogens (tertiary/aromatic N) is 4. The monoisotopic (exact) mass is 411 g/mol. The molecule has 0 saturated heterocycles. The van der Waals surface area contributed by atoms with Gasteiger partial charge >= 0.3 is 0 Å². The summed E-state index contributed by atoms with van der Waals surface area (Å²) in [6, 6.07) is 4.94. The molecule has 0 atom stereocenters. The number of imidazole rings is 1. The summed E-state index contributed by atoms with van der Waals surface area (Å²) in [6.07, 6.45) is 4.86. The number of rotatable bonds is 9. The number of hydrogen-bond donors (Lipinski definition) is 1. The van der Waals surface area contributed by atoms with E-state index in [0.29, 0.717) is 54.3 Å². The molecule has 0 aliphatic carbocycles. The molecule has 1 aromatic carbocycles. The maximum absolute atomic E-state index is 12.9. The van der Waals surface area contributed by atoms with Crippen LogP contribution in [0.1, 0.15) is 37.0 Å². The smallest absolute Gasteiger partial charge is 0.257 e. The number of carbonyl (C=O) groups is 1. The highest BCUT2D eigenvalue weighted by Gasteiger charge is 2.19. The summed E-state index contributed by atoms with van der Waals surface area (Å²) in [5.74, 6) is 2.78. The van der Waals surface area contributed by atoms with Crippen LogP contribution in [0.3, 0.4) is 0 Å². The van der Waals surface area contributed by atoms with Crippen molar-refractivity contribution in [1.82, 2.24) is 19.5 Å². The number of benzene rings is 1. The van der Waals surface area contributed by atoms with Crippen molar-refractivity contribution in [1.29, 1.82) is 0 Å². The molecule has 3 rings (SSSR count). The van der Waals surface area contributed by atoms with Crippen molar-refractivity contribution >= 4 is 11.7 Å². The van der Waals surface area contributed by atoms with Crippen LogP contribution in [0.5, 0.6) is 17.2 Å². The van der Waals surface area contributed by atoms with E-state index in [1.165, 1.54) is 6.33 Å². The predicted octanol–water partition coefficient (Wildman–Crippen LogP) is 3.42. The molecule has 158 valence electrons. The minimum atomic E-state index is -0.355. The molecule has 0 unspecified atom stereocenters. The van der Waals surface area contributed by atoms with Gasteiger partial charge in [-0.15, -0.1) is 0 Å². The second-order valence-corrected chi connectivity index (χ2v) is 6.16. The molecule has 30 heavy (non-hydrogen) atoms. The van der Waals surface area contributed by atoms with E-state index >= 15 is 0 Å². The van der Waals surface area contributed by atoms with Gasteiger partial charge in [0, 0.05) is 24.0 Å². The topological polar surface area (TPSA) is 100 Å². The van der Waals surface area contributed by atoms with Gasteiger partial charge in [-0.2, -0.15) is 0 Å². The summed E-state index contributed by atoms with van der Waals surface area (Å²) in [5, 5.41) is 2.79. The van der Waals surface area contributed by atoms with Crippen LogP contribution in [0.2, 0.25) is 0 Å². The number of aromatic nitrogens is 4. The Morgan fingerprint density at radius 2 is 1.63 bits per heavy atom. The summed E-state index contributed by atoms with van der Waals surface area (Å²) < 4.78 is 18.8. The lowest BCUT2D eigenvalue weighted by Crippen LogP contribution is -2.15. The fraction of sp³-hybridized carbons (Fsp3) is 0.333. The van der Waals surface area contributed by atoms with Gasteiger partial charge in [0.15, 0.2) is 11.5 Å². The molecule has 0 aliphatic heterocycles. The van der Waals surface area contributed by atoms with E-state index < -0.39 is 0 Å². The van der Waals surface area contributed by atoms with E-state index in [9.17, 15) is 4.79 Å². The largest absolute Gasteiger partial charge is 0.490 e. The van der Waals surface area contributed by atoms with Gasteiger partial charge in [0.25, 0.3) is 5.91 Å². The quantitative estimate of drug-likeness (QED) is 0.576. The zero-order valence-electron chi connectivity index (χ0n) is 17.5. The average Bonchev–Trinajstić information content (AvgIpc) is 3.16. The third-order valence-corrected chi connectivity index (χ3v) is 4.14. The van der Waals surface area contributed by atoms with E-state index in [1.807, 2.05) is 27.7 Å². The number of anilines is 1. The third-order valence-electron chi connectivity index (χ3n) is 4.14. The molecule has 0 saturated carbocycles. The molecule has 3 aromatic rings. The lowest BCUT2D eigenvalue weighted by molar-refractivity contribution is 0.102. The van der Waals surface area contributed by atoms with Crippen LogP contribution in [0.15, 0.2) is 36.9 Å². The van der Waals surface area contributed by atoms with E-state index in [2.05, 4.69) is 20.3 Å². The Bertz CT molecular complexity index is 991. The second-order valence-electron chi connectivity index (χ2n) is 6.16. The van der Waals surface area contributed by atoms with E-state index in [1.54, 1.807) is 35.2 Å². The first-order valence-electron chi connectivity index (χ1n) is 9.77. The van der Waals surface area contributed by atoms with Gasteiger partial charge in [-0.05, 0) is 39.8 Å². The number of ether oxygens (including phenoxy) is 3. The zero-order chi connectivity index (χ0) is 21.5. The lowest BCUT2D eigenvalue weighted by Gasteiger charge is -2.17. The molecule has 9 nitrogen and oxygen atoms in total. The number of amides is 1. The minimum absolute atomic E-state index is 0.355. The van der Waals surface area contributed by atoms with Crippen LogP contribution in [-0.4, -0.2) is 45.2 Å². The first-order valence-corrected chi connectivity index (χ1v) is 9.77. The Kier molecular flexibility index (Phi) is 6.84. The molecule has 0 spiro atoms. The molecular formula is C21H25N5O4. The standard InChI is InChI=1S/C21H25N5O4/c1-5-28-16-10-15(11-17(29-6-2)20(16)30-7-3)21(27)25-18-12-19(24-13-23-18)26-9-8-22-14(26)4/h8-13H,5-7H2,1-4H3,(H,23,24,25,27). The highest BCUT2D eigenvalue weighted by atomic mass is 16.5. The van der Waals surface area contributed by atoms with Gasteiger partial charge in [0.1, 0.15) is 23.8 Å². The Morgan fingerprint density at radius 3 is 2.20 bits per heavy atom. The van der Waals surface area contributed by atoms with Crippen molar-refractivity contribution < 1.29 is 19.0 Å². The summed E-state index contributed by atoms with van der Waals surface area (Å²) >= 11 is 0. The summed E-state index contributed by atoms with van der Waals surface area (Å²) in [7, 11) is 0. The maximum atomic E-state index is 12.9. The van der Waals surface area contributed by atoms with Crippen LogP contribution < -0.4 is 19.5 Å². The number of carbonyl (C=O) groups excluding carboxylic acids is 1. The fourth-order valence-corrected chi connectivity index (χ4v) is 2.88. The first kappa shape index (κ1) is 21.1. The predicted molar refractivity (Wildman–Crippen MR) is 112 cm³/mol. The molecule has 0 bridgehead atoms. The highest BCUT2D eigenvalue weighted by molar-refractivity contribution is 6.04. The molecule has 0 radical (unpaired) electrons. The summed E-state index contributed by atoms with van der Waals surface area (Å²) in [4.78, 5) is 25.5. The Morgan fingerprint density at radius 1 is 0.967 bits per heavy atom. The van der Waals surface area contributed by atoms with Gasteiger partial charge in [-0.1, -0.05) is 0 Å². The van der Waals surface area contributed by atoms with Crippen molar-refractivity contribution in [2.45, 2.75) is 27.7 Å². The van der Waals surface area contributed by atoms with Gasteiger partial charge in [0.2, 0.25) is 5.75 Å². The van der Waals surface area contributed by atoms with Gasteiger partial charge in [-0.3, -0.25) is 9.36 Å². The minimum Gasteiger partial charge on any atom is -0.490 e. The maximum Gasteiger partial charge on any atom is 0.257 e. The molecule has 0 fully saturated rings. The second kappa shape index (κ2) is 9.73. The van der Waals surface area contributed by atoms with Crippen molar-refractivity contribution in [3.05, 3.63) is 48.3 Å². The number of nitrogens with one attached hydrogen (secondary N) is 1. The third kappa shape index (κ3) is 4.68. The molecule has 1 N–H and O–H groups in total. The molecule has 2 heterocycles. The van der Waals surface area contributed by atoms with Crippen molar-refractivity contribution in [3.63, 3.8) is 0 Å². The molecule has 0 aliphatic rings. The van der Waals surface area contributed by atoms with Crippen LogP contribution in [0, 0.1) is 6.92 Å². The van der Waals surface area contributed by atoms with Crippen LogP contribution >= 0.6 is 0 Å². The van der Waals surface area contributed by atoms with Gasteiger partial charge < -0.3 is 19.5 Å². The van der Waals surface area contributed by atoms with Crippen molar-refractivity contribution in [2.75, 3.05) is 25.1 Å². The zero-order valence-corrected chi connectivity index (χ0v) is 17.5. The van der Waals surface area contributed by atoms with E-state index in [0.717, 1.165) is 5.82 Å². The highest BCUT2D eigenvalue weighted by Crippen LogP contribution is 2.39. The SMILES string of the molecule is CCOc1cc(C(=O)Nc2cc(-n3ccnc3C)ncn2)cc(OCC)c1OCC. The summed E-state index contributed by atoms with van der Waals surface area (Å²) in [5.41, 5.74) is 0.365. The van der Waals surface area contributed by atoms with E-state index in [-0.39, 0.29) is 5.91 Å². The lowest BCUT2D eigenvalue weighted by atomic mass is 10.1. The normalized spacial score (nSPS) is 10.5. The van der Waals surface area contributed by atoms with E-state index in [4.69, 9.17) is 14.2 Å². The van der Waals surface area contributed by atoms with Gasteiger partial charge in [-0.25, -0.2) is 15.0 Å². The fourth-order valence-electron chi connectivity index (χ4n) is 2.88. The summed E-state index contributed by atoms with van der Waals surface area (Å²) in [6.45, 7) is 8.77.